The Kier molecular flexibility index (Phi) is 7.54. The van der Waals surface area contributed by atoms with E-state index in [9.17, 15) is 9.59 Å². The van der Waals surface area contributed by atoms with Gasteiger partial charge in [0.1, 0.15) is 6.61 Å². The molecule has 0 spiro atoms. The third-order valence-electron chi connectivity index (χ3n) is 8.24. The molecule has 1 aliphatic carbocycles. The van der Waals surface area contributed by atoms with E-state index in [1.54, 1.807) is 4.90 Å². The molecule has 1 saturated carbocycles. The molecule has 1 atom stereocenters. The lowest BCUT2D eigenvalue weighted by Crippen LogP contribution is -2.46. The number of aromatic nitrogens is 1. The lowest BCUT2D eigenvalue weighted by molar-refractivity contribution is -0.141. The van der Waals surface area contributed by atoms with Crippen LogP contribution in [0.15, 0.2) is 54.6 Å². The van der Waals surface area contributed by atoms with Crippen molar-refractivity contribution in [3.05, 3.63) is 71.4 Å². The number of carbonyl (C=O) groups excluding carboxylic acids is 2. The van der Waals surface area contributed by atoms with Gasteiger partial charge in [0.15, 0.2) is 0 Å². The molecule has 37 heavy (non-hydrogen) atoms. The Balaban J connectivity index is 1.16. The third kappa shape index (κ3) is 5.39. The molecule has 2 aromatic carbocycles. The SMILES string of the molecule is CC(C)C1c2[nH]c3ccccc3c2CCN1C(=O)[C@H]1CC[C@H](CN(C)C(=O)OCc2ccccc2)CC1. The number of aromatic amines is 1. The van der Waals surface area contributed by atoms with Crippen molar-refractivity contribution in [3.63, 3.8) is 0 Å². The van der Waals surface area contributed by atoms with E-state index < -0.39 is 0 Å². The maximum Gasteiger partial charge on any atom is 0.409 e. The van der Waals surface area contributed by atoms with Crippen LogP contribution in [0.2, 0.25) is 0 Å². The third-order valence-corrected chi connectivity index (χ3v) is 8.24. The van der Waals surface area contributed by atoms with Gasteiger partial charge in [-0.3, -0.25) is 4.79 Å². The standard InChI is InChI=1S/C31H39N3O3/c1-21(2)29-28-26(25-11-7-8-12-27(25)32-28)17-18-34(29)30(35)24-15-13-22(14-16-24)19-33(3)31(36)37-20-23-9-5-4-6-10-23/h4-12,21-22,24,29,32H,13-20H2,1-3H3/t22-,24-,29?. The number of rotatable bonds is 6. The summed E-state index contributed by atoms with van der Waals surface area (Å²) in [5.41, 5.74) is 4.75. The van der Waals surface area contributed by atoms with Crippen LogP contribution in [0, 0.1) is 17.8 Å². The van der Waals surface area contributed by atoms with Gasteiger partial charge in [0, 0.05) is 42.7 Å². The van der Waals surface area contributed by atoms with Gasteiger partial charge in [0.2, 0.25) is 5.91 Å². The smallest absolute Gasteiger partial charge is 0.409 e. The van der Waals surface area contributed by atoms with E-state index in [-0.39, 0.29) is 24.7 Å². The Morgan fingerprint density at radius 1 is 1.03 bits per heavy atom. The zero-order valence-corrected chi connectivity index (χ0v) is 22.3. The number of nitrogens with one attached hydrogen (secondary N) is 1. The van der Waals surface area contributed by atoms with Crippen LogP contribution in [0.3, 0.4) is 0 Å². The molecular formula is C31H39N3O3. The normalized spacial score (nSPS) is 21.6. The van der Waals surface area contributed by atoms with Crippen molar-refractivity contribution in [3.8, 4) is 0 Å². The predicted octanol–water partition coefficient (Wildman–Crippen LogP) is 6.32. The number of amides is 2. The number of ether oxygens (including phenoxy) is 1. The first-order valence-corrected chi connectivity index (χ1v) is 13.7. The second-order valence-corrected chi connectivity index (χ2v) is 11.2. The van der Waals surface area contributed by atoms with Crippen LogP contribution in [0.1, 0.15) is 62.4 Å². The van der Waals surface area contributed by atoms with Gasteiger partial charge < -0.3 is 19.5 Å². The maximum absolute atomic E-state index is 13.8. The summed E-state index contributed by atoms with van der Waals surface area (Å²) < 4.78 is 5.48. The molecule has 0 radical (unpaired) electrons. The quantitative estimate of drug-likeness (QED) is 0.430. The van der Waals surface area contributed by atoms with Crippen LogP contribution in [-0.4, -0.2) is 46.9 Å². The van der Waals surface area contributed by atoms with Crippen LogP contribution < -0.4 is 0 Å². The van der Waals surface area contributed by atoms with Gasteiger partial charge in [-0.15, -0.1) is 0 Å². The molecule has 3 aromatic rings. The van der Waals surface area contributed by atoms with Gasteiger partial charge in [-0.05, 0) is 61.1 Å². The zero-order valence-electron chi connectivity index (χ0n) is 22.3. The molecule has 2 heterocycles. The molecule has 2 amide bonds. The Morgan fingerprint density at radius 3 is 2.46 bits per heavy atom. The molecule has 6 nitrogen and oxygen atoms in total. The average Bonchev–Trinajstić information content (AvgIpc) is 3.30. The molecule has 1 unspecified atom stereocenters. The van der Waals surface area contributed by atoms with Crippen molar-refractivity contribution < 1.29 is 14.3 Å². The number of benzene rings is 2. The van der Waals surface area contributed by atoms with E-state index in [4.69, 9.17) is 4.74 Å². The number of H-pyrrole nitrogens is 1. The summed E-state index contributed by atoms with van der Waals surface area (Å²) in [6.45, 7) is 6.18. The van der Waals surface area contributed by atoms with Crippen molar-refractivity contribution in [1.82, 2.24) is 14.8 Å². The Morgan fingerprint density at radius 2 is 1.73 bits per heavy atom. The summed E-state index contributed by atoms with van der Waals surface area (Å²) in [7, 11) is 1.81. The zero-order chi connectivity index (χ0) is 25.9. The molecule has 1 aromatic heterocycles. The fourth-order valence-electron chi connectivity index (χ4n) is 6.33. The molecule has 196 valence electrons. The molecular weight excluding hydrogens is 462 g/mol. The first kappa shape index (κ1) is 25.4. The first-order chi connectivity index (χ1) is 17.9. The fourth-order valence-corrected chi connectivity index (χ4v) is 6.33. The lowest BCUT2D eigenvalue weighted by Gasteiger charge is -2.41. The van der Waals surface area contributed by atoms with Crippen molar-refractivity contribution >= 4 is 22.9 Å². The second kappa shape index (κ2) is 11.0. The number of fused-ring (bicyclic) bond motifs is 3. The molecule has 1 fully saturated rings. The van der Waals surface area contributed by atoms with E-state index in [1.807, 2.05) is 37.4 Å². The largest absolute Gasteiger partial charge is 0.445 e. The molecule has 6 heteroatoms. The number of carbonyl (C=O) groups is 2. The highest BCUT2D eigenvalue weighted by molar-refractivity contribution is 5.86. The van der Waals surface area contributed by atoms with Crippen molar-refractivity contribution in [2.24, 2.45) is 17.8 Å². The number of nitrogens with zero attached hydrogens (tertiary/aromatic N) is 2. The van der Waals surface area contributed by atoms with Crippen molar-refractivity contribution in [2.45, 2.75) is 58.6 Å². The second-order valence-electron chi connectivity index (χ2n) is 11.2. The Bertz CT molecular complexity index is 1230. The van der Waals surface area contributed by atoms with Crippen LogP contribution >= 0.6 is 0 Å². The van der Waals surface area contributed by atoms with Crippen molar-refractivity contribution in [2.75, 3.05) is 20.1 Å². The summed E-state index contributed by atoms with van der Waals surface area (Å²) in [5.74, 6) is 1.11. The van der Waals surface area contributed by atoms with Crippen LogP contribution in [-0.2, 0) is 22.6 Å². The van der Waals surface area contributed by atoms with Crippen LogP contribution in [0.4, 0.5) is 4.79 Å². The lowest BCUT2D eigenvalue weighted by atomic mass is 9.80. The predicted molar refractivity (Wildman–Crippen MR) is 146 cm³/mol. The average molecular weight is 502 g/mol. The first-order valence-electron chi connectivity index (χ1n) is 13.7. The van der Waals surface area contributed by atoms with Gasteiger partial charge in [-0.25, -0.2) is 4.79 Å². The summed E-state index contributed by atoms with van der Waals surface area (Å²) in [6.07, 6.45) is 4.31. The van der Waals surface area contributed by atoms with E-state index in [2.05, 4.69) is 48.0 Å². The minimum absolute atomic E-state index is 0.0683. The summed E-state index contributed by atoms with van der Waals surface area (Å²) >= 11 is 0. The topological polar surface area (TPSA) is 65.6 Å². The minimum atomic E-state index is -0.288. The number of para-hydroxylation sites is 1. The number of hydrogen-bond acceptors (Lipinski definition) is 3. The maximum atomic E-state index is 13.8. The van der Waals surface area contributed by atoms with E-state index >= 15 is 0 Å². The molecule has 0 bridgehead atoms. The van der Waals surface area contributed by atoms with E-state index in [0.717, 1.165) is 44.2 Å². The summed E-state index contributed by atoms with van der Waals surface area (Å²) in [5, 5.41) is 1.29. The highest BCUT2D eigenvalue weighted by Crippen LogP contribution is 2.40. The highest BCUT2D eigenvalue weighted by Gasteiger charge is 2.38. The van der Waals surface area contributed by atoms with Crippen LogP contribution in [0.5, 0.6) is 0 Å². The van der Waals surface area contributed by atoms with Gasteiger partial charge in [-0.2, -0.15) is 0 Å². The van der Waals surface area contributed by atoms with Gasteiger partial charge in [0.25, 0.3) is 0 Å². The highest BCUT2D eigenvalue weighted by atomic mass is 16.6. The van der Waals surface area contributed by atoms with E-state index in [0.29, 0.717) is 24.3 Å². The van der Waals surface area contributed by atoms with Crippen molar-refractivity contribution in [1.29, 1.82) is 0 Å². The van der Waals surface area contributed by atoms with Gasteiger partial charge in [-0.1, -0.05) is 62.4 Å². The molecule has 2 aliphatic rings. The molecule has 5 rings (SSSR count). The minimum Gasteiger partial charge on any atom is -0.445 e. The number of hydrogen-bond donors (Lipinski definition) is 1. The Hall–Kier alpha value is -3.28. The fraction of sp³-hybridized carbons (Fsp3) is 0.484. The molecule has 1 aliphatic heterocycles. The summed E-state index contributed by atoms with van der Waals surface area (Å²) in [6, 6.07) is 18.3. The Labute approximate surface area is 220 Å². The van der Waals surface area contributed by atoms with E-state index in [1.165, 1.54) is 22.2 Å². The monoisotopic (exact) mass is 501 g/mol. The summed E-state index contributed by atoms with van der Waals surface area (Å²) in [4.78, 5) is 33.7. The molecule has 1 N–H and O–H groups in total. The van der Waals surface area contributed by atoms with Crippen LogP contribution in [0.25, 0.3) is 10.9 Å². The molecule has 0 saturated heterocycles. The van der Waals surface area contributed by atoms with Gasteiger partial charge >= 0.3 is 6.09 Å². The van der Waals surface area contributed by atoms with Gasteiger partial charge in [0.05, 0.1) is 6.04 Å².